The number of hydrogen-bond acceptors (Lipinski definition) is 5. The second-order valence-electron chi connectivity index (χ2n) is 3.54. The summed E-state index contributed by atoms with van der Waals surface area (Å²) in [5.41, 5.74) is 6.29. The number of ether oxygens (including phenoxy) is 3. The molecule has 0 saturated carbocycles. The highest BCUT2D eigenvalue weighted by Gasteiger charge is 2.05. The summed E-state index contributed by atoms with van der Waals surface area (Å²) in [5.74, 6) is 0.613. The predicted octanol–water partition coefficient (Wildman–Crippen LogP) is 1.15. The maximum Gasteiger partial charge on any atom is 0.147 e. The van der Waals surface area contributed by atoms with Gasteiger partial charge < -0.3 is 19.9 Å². The number of aromatic nitrogens is 1. The van der Waals surface area contributed by atoms with Gasteiger partial charge in [-0.1, -0.05) is 12.2 Å². The zero-order valence-electron chi connectivity index (χ0n) is 10.4. The van der Waals surface area contributed by atoms with E-state index in [1.165, 1.54) is 0 Å². The Hall–Kier alpha value is -1.24. The minimum Gasteiger partial charge on any atom is -0.491 e. The molecular formula is C12H18N2O3S. The lowest BCUT2D eigenvalue weighted by atomic mass is 10.2. The third-order valence-corrected chi connectivity index (χ3v) is 2.39. The van der Waals surface area contributed by atoms with Crippen molar-refractivity contribution in [3.05, 3.63) is 24.0 Å². The molecule has 0 radical (unpaired) electrons. The Balaban J connectivity index is 2.25. The lowest BCUT2D eigenvalue weighted by Crippen LogP contribution is -2.13. The molecule has 1 rings (SSSR count). The molecule has 0 aliphatic carbocycles. The molecule has 1 aromatic rings. The molecule has 18 heavy (non-hydrogen) atoms. The summed E-state index contributed by atoms with van der Waals surface area (Å²) in [5, 5.41) is 0. The zero-order chi connectivity index (χ0) is 13.2. The minimum absolute atomic E-state index is 0.309. The molecule has 2 N–H and O–H groups in total. The number of rotatable bonds is 9. The van der Waals surface area contributed by atoms with Crippen molar-refractivity contribution in [2.45, 2.75) is 6.42 Å². The molecule has 0 fully saturated rings. The molecule has 5 nitrogen and oxygen atoms in total. The first-order chi connectivity index (χ1) is 8.75. The van der Waals surface area contributed by atoms with Crippen LogP contribution in [0.15, 0.2) is 18.5 Å². The van der Waals surface area contributed by atoms with Gasteiger partial charge in [0.25, 0.3) is 0 Å². The van der Waals surface area contributed by atoms with Crippen molar-refractivity contribution in [3.8, 4) is 5.75 Å². The molecule has 1 aromatic heterocycles. The summed E-state index contributed by atoms with van der Waals surface area (Å²) in [6, 6.07) is 1.74. The van der Waals surface area contributed by atoms with Crippen LogP contribution >= 0.6 is 12.2 Å². The van der Waals surface area contributed by atoms with Gasteiger partial charge in [0.15, 0.2) is 0 Å². The van der Waals surface area contributed by atoms with Crippen LogP contribution in [0.3, 0.4) is 0 Å². The normalized spacial score (nSPS) is 10.3. The highest BCUT2D eigenvalue weighted by molar-refractivity contribution is 7.80. The fourth-order valence-electron chi connectivity index (χ4n) is 1.29. The Morgan fingerprint density at radius 1 is 1.33 bits per heavy atom. The van der Waals surface area contributed by atoms with Crippen LogP contribution in [0.1, 0.15) is 12.0 Å². The van der Waals surface area contributed by atoms with E-state index >= 15 is 0 Å². The Bertz CT molecular complexity index is 374. The molecule has 100 valence electrons. The Labute approximate surface area is 112 Å². The van der Waals surface area contributed by atoms with E-state index in [2.05, 4.69) is 4.98 Å². The number of pyridine rings is 1. The van der Waals surface area contributed by atoms with Crippen molar-refractivity contribution < 1.29 is 14.2 Å². The second kappa shape index (κ2) is 8.79. The Morgan fingerprint density at radius 2 is 2.17 bits per heavy atom. The van der Waals surface area contributed by atoms with Crippen LogP contribution in [-0.4, -0.2) is 43.5 Å². The topological polar surface area (TPSA) is 66.6 Å². The smallest absolute Gasteiger partial charge is 0.147 e. The van der Waals surface area contributed by atoms with Crippen molar-refractivity contribution in [2.75, 3.05) is 33.5 Å². The standard InChI is InChI=1S/C12H18N2O3S/c1-15-7-8-16-5-2-6-17-11-9-14-4-3-10(11)12(13)18/h3-4,9H,2,5-8H2,1H3,(H2,13,18). The number of nitrogens with two attached hydrogens (primary N) is 1. The van der Waals surface area contributed by atoms with Gasteiger partial charge in [-0.05, 0) is 6.07 Å². The van der Waals surface area contributed by atoms with E-state index in [0.29, 0.717) is 42.7 Å². The lowest BCUT2D eigenvalue weighted by molar-refractivity contribution is 0.0644. The number of nitrogens with zero attached hydrogens (tertiary/aromatic N) is 1. The van der Waals surface area contributed by atoms with Gasteiger partial charge in [-0.15, -0.1) is 0 Å². The average molecular weight is 270 g/mol. The maximum absolute atomic E-state index is 5.58. The van der Waals surface area contributed by atoms with E-state index in [4.69, 9.17) is 32.2 Å². The van der Waals surface area contributed by atoms with Gasteiger partial charge in [0.2, 0.25) is 0 Å². The highest BCUT2D eigenvalue weighted by Crippen LogP contribution is 2.16. The number of thiocarbonyl (C=S) groups is 1. The largest absolute Gasteiger partial charge is 0.491 e. The fraction of sp³-hybridized carbons (Fsp3) is 0.500. The SMILES string of the molecule is COCCOCCCOc1cnccc1C(N)=S. The molecule has 0 spiro atoms. The van der Waals surface area contributed by atoms with Crippen LogP contribution in [0.25, 0.3) is 0 Å². The molecule has 0 amide bonds. The van der Waals surface area contributed by atoms with E-state index in [9.17, 15) is 0 Å². The van der Waals surface area contributed by atoms with Gasteiger partial charge in [0.05, 0.1) is 31.6 Å². The molecule has 0 aromatic carbocycles. The summed E-state index contributed by atoms with van der Waals surface area (Å²) < 4.78 is 15.7. The van der Waals surface area contributed by atoms with Gasteiger partial charge in [-0.3, -0.25) is 4.98 Å². The summed E-state index contributed by atoms with van der Waals surface area (Å²) in [6.07, 6.45) is 4.03. The van der Waals surface area contributed by atoms with Gasteiger partial charge in [0, 0.05) is 26.3 Å². The summed E-state index contributed by atoms with van der Waals surface area (Å²) in [7, 11) is 1.64. The first-order valence-electron chi connectivity index (χ1n) is 5.69. The monoisotopic (exact) mass is 270 g/mol. The van der Waals surface area contributed by atoms with Crippen LogP contribution in [0, 0.1) is 0 Å². The van der Waals surface area contributed by atoms with Crippen molar-refractivity contribution in [1.29, 1.82) is 0 Å². The molecule has 0 bridgehead atoms. The molecule has 0 aliphatic heterocycles. The Kier molecular flexibility index (Phi) is 7.24. The summed E-state index contributed by atoms with van der Waals surface area (Å²) in [6.45, 7) is 2.37. The van der Waals surface area contributed by atoms with E-state index in [1.807, 2.05) is 0 Å². The minimum atomic E-state index is 0.309. The lowest BCUT2D eigenvalue weighted by Gasteiger charge is -2.09. The van der Waals surface area contributed by atoms with Crippen molar-refractivity contribution >= 4 is 17.2 Å². The van der Waals surface area contributed by atoms with Crippen LogP contribution in [0.2, 0.25) is 0 Å². The van der Waals surface area contributed by atoms with E-state index in [0.717, 1.165) is 6.42 Å². The molecule has 0 unspecified atom stereocenters. The summed E-state index contributed by atoms with van der Waals surface area (Å²) >= 11 is 4.93. The van der Waals surface area contributed by atoms with E-state index in [1.54, 1.807) is 25.6 Å². The molecule has 0 atom stereocenters. The van der Waals surface area contributed by atoms with Gasteiger partial charge >= 0.3 is 0 Å². The first-order valence-corrected chi connectivity index (χ1v) is 6.10. The third-order valence-electron chi connectivity index (χ3n) is 2.17. The second-order valence-corrected chi connectivity index (χ2v) is 3.98. The molecule has 0 saturated heterocycles. The van der Waals surface area contributed by atoms with Crippen LogP contribution < -0.4 is 10.5 Å². The van der Waals surface area contributed by atoms with Crippen LogP contribution in [0.5, 0.6) is 5.75 Å². The first kappa shape index (κ1) is 14.8. The number of methoxy groups -OCH3 is 1. The van der Waals surface area contributed by atoms with Gasteiger partial charge in [-0.25, -0.2) is 0 Å². The highest BCUT2D eigenvalue weighted by atomic mass is 32.1. The van der Waals surface area contributed by atoms with Crippen molar-refractivity contribution in [3.63, 3.8) is 0 Å². The fourth-order valence-corrected chi connectivity index (χ4v) is 1.45. The van der Waals surface area contributed by atoms with Gasteiger partial charge in [-0.2, -0.15) is 0 Å². The Morgan fingerprint density at radius 3 is 2.89 bits per heavy atom. The molecule has 6 heteroatoms. The van der Waals surface area contributed by atoms with Gasteiger partial charge in [0.1, 0.15) is 10.7 Å². The summed E-state index contributed by atoms with van der Waals surface area (Å²) in [4.78, 5) is 4.29. The average Bonchev–Trinajstić information content (AvgIpc) is 2.38. The van der Waals surface area contributed by atoms with Crippen LogP contribution in [-0.2, 0) is 9.47 Å². The number of hydrogen-bond donors (Lipinski definition) is 1. The maximum atomic E-state index is 5.58. The zero-order valence-corrected chi connectivity index (χ0v) is 11.2. The van der Waals surface area contributed by atoms with E-state index in [-0.39, 0.29) is 0 Å². The predicted molar refractivity (Wildman–Crippen MR) is 72.9 cm³/mol. The van der Waals surface area contributed by atoms with Crippen molar-refractivity contribution in [2.24, 2.45) is 5.73 Å². The molecule has 1 heterocycles. The van der Waals surface area contributed by atoms with E-state index < -0.39 is 0 Å². The third kappa shape index (κ3) is 5.39. The van der Waals surface area contributed by atoms with Crippen LogP contribution in [0.4, 0.5) is 0 Å². The quantitative estimate of drug-likeness (QED) is 0.536. The van der Waals surface area contributed by atoms with Crippen molar-refractivity contribution in [1.82, 2.24) is 4.98 Å². The molecule has 0 aliphatic rings. The molecular weight excluding hydrogens is 252 g/mol.